The van der Waals surface area contributed by atoms with E-state index in [-0.39, 0.29) is 4.47 Å². The molecule has 0 nitrogen and oxygen atoms in total. The van der Waals surface area contributed by atoms with Crippen molar-refractivity contribution in [2.45, 2.75) is 8.69 Å². The zero-order valence-electron chi connectivity index (χ0n) is 4.03. The minimum atomic E-state index is -3.89. The van der Waals surface area contributed by atoms with Gasteiger partial charge >= 0.3 is 55.4 Å². The number of alkyl halides is 3. The molecule has 0 rings (SSSR count). The van der Waals surface area contributed by atoms with Gasteiger partial charge in [-0.1, -0.05) is 0 Å². The number of halogens is 3. The summed E-state index contributed by atoms with van der Waals surface area (Å²) in [6.07, 6.45) is 1.32. The number of hydrogen-bond donors (Lipinski definition) is 0. The van der Waals surface area contributed by atoms with Crippen LogP contribution in [0.4, 0.5) is 13.2 Å². The average molecular weight is 238 g/mol. The van der Waals surface area contributed by atoms with Gasteiger partial charge in [0.05, 0.1) is 0 Å². The molecule has 0 heterocycles. The van der Waals surface area contributed by atoms with Gasteiger partial charge < -0.3 is 0 Å². The molecule has 0 bridgehead atoms. The van der Waals surface area contributed by atoms with Gasteiger partial charge in [0.1, 0.15) is 0 Å². The summed E-state index contributed by atoms with van der Waals surface area (Å²) in [5, 5.41) is 0. The van der Waals surface area contributed by atoms with Gasteiger partial charge in [-0.05, 0) is 0 Å². The molecule has 48 valence electrons. The van der Waals surface area contributed by atoms with Crippen LogP contribution in [0.25, 0.3) is 0 Å². The van der Waals surface area contributed by atoms with Crippen molar-refractivity contribution >= 4 is 20.9 Å². The molecular formula is C4H5F3Te. The van der Waals surface area contributed by atoms with E-state index in [1.165, 1.54) is 6.08 Å². The van der Waals surface area contributed by atoms with E-state index in [4.69, 9.17) is 0 Å². The molecule has 0 spiro atoms. The molecule has 0 aromatic carbocycles. The zero-order chi connectivity index (χ0) is 6.62. The summed E-state index contributed by atoms with van der Waals surface area (Å²) in [5.41, 5.74) is 0. The Morgan fingerprint density at radius 3 is 2.12 bits per heavy atom. The van der Waals surface area contributed by atoms with Crippen LogP contribution in [0.2, 0.25) is 4.47 Å². The van der Waals surface area contributed by atoms with Crippen LogP contribution in [0.1, 0.15) is 0 Å². The van der Waals surface area contributed by atoms with Crippen LogP contribution in [0.15, 0.2) is 12.7 Å². The molecule has 0 aliphatic rings. The van der Waals surface area contributed by atoms with Crippen LogP contribution in [-0.4, -0.2) is 25.1 Å². The molecular weight excluding hydrogens is 233 g/mol. The standard InChI is InChI=1S/C4H5F3Te/c1-2-3-8-4(5,6)7/h2H,1,3H2. The molecule has 0 atom stereocenters. The Balaban J connectivity index is 3.24. The normalized spacial score (nSPS) is 11.4. The maximum atomic E-state index is 11.3. The molecule has 4 heteroatoms. The summed E-state index contributed by atoms with van der Waals surface area (Å²) >= 11 is -1.80. The second-order valence-electron chi connectivity index (χ2n) is 1.05. The van der Waals surface area contributed by atoms with Crippen LogP contribution in [0.5, 0.6) is 0 Å². The molecule has 0 fully saturated rings. The van der Waals surface area contributed by atoms with Crippen molar-refractivity contribution in [1.29, 1.82) is 0 Å². The maximum absolute atomic E-state index is 11.3. The van der Waals surface area contributed by atoms with E-state index in [1.807, 2.05) is 0 Å². The Kier molecular flexibility index (Phi) is 3.50. The van der Waals surface area contributed by atoms with Gasteiger partial charge in [-0.3, -0.25) is 0 Å². The third-order valence-electron chi connectivity index (χ3n) is 0.365. The molecule has 0 saturated carbocycles. The monoisotopic (exact) mass is 240 g/mol. The average Bonchev–Trinajstić information content (AvgIpc) is 1.59. The SMILES string of the molecule is C=CC[Te]C(F)(F)F. The molecule has 0 aliphatic carbocycles. The Labute approximate surface area is 55.8 Å². The molecule has 0 aliphatic heterocycles. The van der Waals surface area contributed by atoms with Gasteiger partial charge in [-0.2, -0.15) is 0 Å². The van der Waals surface area contributed by atoms with Gasteiger partial charge in [0, 0.05) is 0 Å². The van der Waals surface area contributed by atoms with Gasteiger partial charge in [0.2, 0.25) is 0 Å². The second-order valence-corrected chi connectivity index (χ2v) is 4.14. The van der Waals surface area contributed by atoms with Crippen LogP contribution in [0.3, 0.4) is 0 Å². The van der Waals surface area contributed by atoms with E-state index >= 15 is 0 Å². The molecule has 0 unspecified atom stereocenters. The molecule has 0 radical (unpaired) electrons. The van der Waals surface area contributed by atoms with E-state index in [2.05, 4.69) is 6.58 Å². The van der Waals surface area contributed by atoms with Crippen LogP contribution in [-0.2, 0) is 0 Å². The molecule has 0 aromatic heterocycles. The number of hydrogen-bond acceptors (Lipinski definition) is 0. The van der Waals surface area contributed by atoms with Crippen LogP contribution >= 0.6 is 0 Å². The first-order chi connectivity index (χ1) is 3.56. The fourth-order valence-electron chi connectivity index (χ4n) is 0.153. The number of rotatable bonds is 2. The molecule has 0 N–H and O–H groups in total. The Bertz CT molecular complexity index is 75.8. The topological polar surface area (TPSA) is 0 Å². The van der Waals surface area contributed by atoms with Gasteiger partial charge in [-0.25, -0.2) is 0 Å². The first kappa shape index (κ1) is 8.32. The fourth-order valence-corrected chi connectivity index (χ4v) is 1.03. The first-order valence-corrected chi connectivity index (χ1v) is 4.69. The van der Waals surface area contributed by atoms with E-state index in [1.54, 1.807) is 0 Å². The zero-order valence-corrected chi connectivity index (χ0v) is 6.36. The predicted octanol–water partition coefficient (Wildman–Crippen LogP) is 1.81. The van der Waals surface area contributed by atoms with E-state index < -0.39 is 25.1 Å². The van der Waals surface area contributed by atoms with E-state index in [0.717, 1.165) is 0 Å². The summed E-state index contributed by atoms with van der Waals surface area (Å²) in [6, 6.07) is 0. The van der Waals surface area contributed by atoms with Gasteiger partial charge in [0.25, 0.3) is 0 Å². The molecule has 8 heavy (non-hydrogen) atoms. The molecule has 0 amide bonds. The van der Waals surface area contributed by atoms with Crippen molar-refractivity contribution < 1.29 is 13.2 Å². The second kappa shape index (κ2) is 3.37. The predicted molar refractivity (Wildman–Crippen MR) is 26.8 cm³/mol. The van der Waals surface area contributed by atoms with Crippen molar-refractivity contribution in [1.82, 2.24) is 0 Å². The molecule has 0 saturated heterocycles. The summed E-state index contributed by atoms with van der Waals surface area (Å²) in [5.74, 6) is 0. The Hall–Kier alpha value is 0.320. The third-order valence-corrected chi connectivity index (χ3v) is 2.45. The van der Waals surface area contributed by atoms with E-state index in [9.17, 15) is 13.2 Å². The third kappa shape index (κ3) is 6.32. The van der Waals surface area contributed by atoms with Crippen molar-refractivity contribution in [3.05, 3.63) is 12.7 Å². The Morgan fingerprint density at radius 2 is 2.00 bits per heavy atom. The summed E-state index contributed by atoms with van der Waals surface area (Å²) in [4.78, 5) is 0. The van der Waals surface area contributed by atoms with E-state index in [0.29, 0.717) is 0 Å². The van der Waals surface area contributed by atoms with Crippen molar-refractivity contribution in [3.8, 4) is 0 Å². The first-order valence-electron chi connectivity index (χ1n) is 1.88. The van der Waals surface area contributed by atoms with Crippen molar-refractivity contribution in [3.63, 3.8) is 0 Å². The van der Waals surface area contributed by atoms with Crippen LogP contribution < -0.4 is 0 Å². The summed E-state index contributed by atoms with van der Waals surface area (Å²) < 4.78 is 30.0. The quantitative estimate of drug-likeness (QED) is 0.508. The van der Waals surface area contributed by atoms with Gasteiger partial charge in [0.15, 0.2) is 0 Å². The van der Waals surface area contributed by atoms with Crippen molar-refractivity contribution in [2.24, 2.45) is 0 Å². The minimum absolute atomic E-state index is 0.147. The Morgan fingerprint density at radius 1 is 1.50 bits per heavy atom. The van der Waals surface area contributed by atoms with Crippen molar-refractivity contribution in [2.75, 3.05) is 0 Å². The summed E-state index contributed by atoms with van der Waals surface area (Å²) in [6.45, 7) is 3.20. The number of allylic oxidation sites excluding steroid dienone is 1. The summed E-state index contributed by atoms with van der Waals surface area (Å²) in [7, 11) is 0. The van der Waals surface area contributed by atoms with Crippen LogP contribution in [0, 0.1) is 0 Å². The molecule has 0 aromatic rings. The fraction of sp³-hybridized carbons (Fsp3) is 0.500. The van der Waals surface area contributed by atoms with Gasteiger partial charge in [-0.15, -0.1) is 0 Å².